The van der Waals surface area contributed by atoms with E-state index in [1.165, 1.54) is 0 Å². The van der Waals surface area contributed by atoms with Gasteiger partial charge in [-0.1, -0.05) is 12.1 Å². The average molecular weight is 304 g/mol. The van der Waals surface area contributed by atoms with E-state index < -0.39 is 10.0 Å². The molecule has 0 amide bonds. The van der Waals surface area contributed by atoms with Gasteiger partial charge < -0.3 is 5.73 Å². The molecule has 0 aliphatic rings. The van der Waals surface area contributed by atoms with E-state index in [2.05, 4.69) is 4.72 Å². The van der Waals surface area contributed by atoms with E-state index in [4.69, 9.17) is 5.73 Å². The number of nitrogens with one attached hydrogen (secondary N) is 1. The number of nitrogens with two attached hydrogens (primary N) is 1. The molecule has 2 rings (SSSR count). The monoisotopic (exact) mass is 304 g/mol. The lowest BCUT2D eigenvalue weighted by Crippen LogP contribution is -2.14. The van der Waals surface area contributed by atoms with Gasteiger partial charge in [0.15, 0.2) is 0 Å². The van der Waals surface area contributed by atoms with Crippen LogP contribution in [0, 0.1) is 20.8 Å². The standard InChI is InChI=1S/C16H20N2O2S/c1-11-4-6-15(8-13(11)3)18-21(19,20)16-7-5-12(2)14(9-16)10-17/h4-9,18H,10,17H2,1-3H3. The Labute approximate surface area is 126 Å². The van der Waals surface area contributed by atoms with Gasteiger partial charge in [0.2, 0.25) is 0 Å². The number of sulfonamides is 1. The zero-order chi connectivity index (χ0) is 15.6. The second-order valence-corrected chi connectivity index (χ2v) is 6.88. The topological polar surface area (TPSA) is 72.2 Å². The van der Waals surface area contributed by atoms with Crippen LogP contribution in [0.15, 0.2) is 41.3 Å². The molecule has 0 aromatic heterocycles. The van der Waals surface area contributed by atoms with Crippen LogP contribution in [-0.4, -0.2) is 8.42 Å². The Morgan fingerprint density at radius 2 is 1.62 bits per heavy atom. The molecule has 0 saturated heterocycles. The number of benzene rings is 2. The van der Waals surface area contributed by atoms with Crippen molar-refractivity contribution in [1.82, 2.24) is 0 Å². The molecule has 5 heteroatoms. The highest BCUT2D eigenvalue weighted by atomic mass is 32.2. The molecule has 0 unspecified atom stereocenters. The maximum Gasteiger partial charge on any atom is 0.261 e. The summed E-state index contributed by atoms with van der Waals surface area (Å²) in [4.78, 5) is 0.228. The van der Waals surface area contributed by atoms with E-state index in [1.807, 2.05) is 32.9 Å². The van der Waals surface area contributed by atoms with Gasteiger partial charge in [0.05, 0.1) is 4.90 Å². The predicted octanol–water partition coefficient (Wildman–Crippen LogP) is 2.87. The lowest BCUT2D eigenvalue weighted by Gasteiger charge is -2.11. The first-order chi connectivity index (χ1) is 9.83. The van der Waals surface area contributed by atoms with E-state index in [9.17, 15) is 8.42 Å². The molecule has 0 saturated carbocycles. The zero-order valence-corrected chi connectivity index (χ0v) is 13.3. The Kier molecular flexibility index (Phi) is 4.34. The maximum absolute atomic E-state index is 12.4. The van der Waals surface area contributed by atoms with Gasteiger partial charge in [-0.15, -0.1) is 0 Å². The summed E-state index contributed by atoms with van der Waals surface area (Å²) < 4.78 is 27.5. The molecule has 0 spiro atoms. The van der Waals surface area contributed by atoms with Gasteiger partial charge in [-0.2, -0.15) is 0 Å². The predicted molar refractivity (Wildman–Crippen MR) is 85.8 cm³/mol. The third-order valence-electron chi connectivity index (χ3n) is 3.61. The van der Waals surface area contributed by atoms with Crippen molar-refractivity contribution in [1.29, 1.82) is 0 Å². The van der Waals surface area contributed by atoms with Crippen LogP contribution in [0.3, 0.4) is 0 Å². The van der Waals surface area contributed by atoms with Gasteiger partial charge in [0.25, 0.3) is 10.0 Å². The molecule has 2 aromatic carbocycles. The average Bonchev–Trinajstić information content (AvgIpc) is 2.43. The SMILES string of the molecule is Cc1ccc(NS(=O)(=O)c2ccc(C)c(CN)c2)cc1C. The Balaban J connectivity index is 2.35. The van der Waals surface area contributed by atoms with Crippen molar-refractivity contribution >= 4 is 15.7 Å². The van der Waals surface area contributed by atoms with Crippen molar-refractivity contribution in [3.63, 3.8) is 0 Å². The minimum Gasteiger partial charge on any atom is -0.326 e. The highest BCUT2D eigenvalue weighted by Crippen LogP contribution is 2.20. The van der Waals surface area contributed by atoms with Crippen LogP contribution in [0.2, 0.25) is 0 Å². The minimum atomic E-state index is -3.60. The summed E-state index contributed by atoms with van der Waals surface area (Å²) in [5.74, 6) is 0. The molecular formula is C16H20N2O2S. The molecule has 2 aromatic rings. The Morgan fingerprint density at radius 1 is 0.952 bits per heavy atom. The summed E-state index contributed by atoms with van der Waals surface area (Å²) in [6.45, 7) is 6.17. The maximum atomic E-state index is 12.4. The Hall–Kier alpha value is -1.85. The fraction of sp³-hybridized carbons (Fsp3) is 0.250. The molecule has 0 bridgehead atoms. The van der Waals surface area contributed by atoms with E-state index in [0.29, 0.717) is 12.2 Å². The van der Waals surface area contributed by atoms with Crippen LogP contribution in [-0.2, 0) is 16.6 Å². The van der Waals surface area contributed by atoms with E-state index in [0.717, 1.165) is 22.3 Å². The molecule has 0 aliphatic carbocycles. The third kappa shape index (κ3) is 3.43. The Bertz CT molecular complexity index is 768. The molecule has 3 N–H and O–H groups in total. The number of anilines is 1. The fourth-order valence-corrected chi connectivity index (χ4v) is 3.15. The number of rotatable bonds is 4. The highest BCUT2D eigenvalue weighted by Gasteiger charge is 2.15. The number of hydrogen-bond acceptors (Lipinski definition) is 3. The second-order valence-electron chi connectivity index (χ2n) is 5.20. The molecule has 0 radical (unpaired) electrons. The Morgan fingerprint density at radius 3 is 2.24 bits per heavy atom. The van der Waals surface area contributed by atoms with E-state index in [-0.39, 0.29) is 4.90 Å². The van der Waals surface area contributed by atoms with Crippen molar-refractivity contribution in [2.45, 2.75) is 32.2 Å². The molecule has 0 atom stereocenters. The lowest BCUT2D eigenvalue weighted by atomic mass is 10.1. The van der Waals surface area contributed by atoms with E-state index >= 15 is 0 Å². The van der Waals surface area contributed by atoms with Gasteiger partial charge in [-0.05, 0) is 67.3 Å². The summed E-state index contributed by atoms with van der Waals surface area (Å²) >= 11 is 0. The van der Waals surface area contributed by atoms with Crippen molar-refractivity contribution in [2.24, 2.45) is 5.73 Å². The van der Waals surface area contributed by atoms with Crippen molar-refractivity contribution in [3.8, 4) is 0 Å². The van der Waals surface area contributed by atoms with Crippen LogP contribution in [0.25, 0.3) is 0 Å². The van der Waals surface area contributed by atoms with Crippen molar-refractivity contribution in [2.75, 3.05) is 4.72 Å². The molecule has 0 fully saturated rings. The van der Waals surface area contributed by atoms with Gasteiger partial charge in [0, 0.05) is 12.2 Å². The largest absolute Gasteiger partial charge is 0.326 e. The molecular weight excluding hydrogens is 284 g/mol. The summed E-state index contributed by atoms with van der Waals surface area (Å²) in [5, 5.41) is 0. The minimum absolute atomic E-state index is 0.228. The third-order valence-corrected chi connectivity index (χ3v) is 4.99. The lowest BCUT2D eigenvalue weighted by molar-refractivity contribution is 0.601. The quantitative estimate of drug-likeness (QED) is 0.912. The smallest absolute Gasteiger partial charge is 0.261 e. The van der Waals surface area contributed by atoms with Gasteiger partial charge in [-0.25, -0.2) is 8.42 Å². The van der Waals surface area contributed by atoms with E-state index in [1.54, 1.807) is 24.3 Å². The summed E-state index contributed by atoms with van der Waals surface area (Å²) in [7, 11) is -3.60. The van der Waals surface area contributed by atoms with Crippen LogP contribution < -0.4 is 10.5 Å². The number of aryl methyl sites for hydroxylation is 3. The molecule has 112 valence electrons. The first kappa shape index (κ1) is 15.5. The number of hydrogen-bond donors (Lipinski definition) is 2. The van der Waals surface area contributed by atoms with Gasteiger partial charge in [-0.3, -0.25) is 4.72 Å². The van der Waals surface area contributed by atoms with Crippen molar-refractivity contribution in [3.05, 3.63) is 58.7 Å². The van der Waals surface area contributed by atoms with Crippen LogP contribution in [0.1, 0.15) is 22.3 Å². The normalized spacial score (nSPS) is 11.4. The zero-order valence-electron chi connectivity index (χ0n) is 12.5. The fourth-order valence-electron chi connectivity index (χ4n) is 2.05. The van der Waals surface area contributed by atoms with Crippen LogP contribution >= 0.6 is 0 Å². The van der Waals surface area contributed by atoms with Gasteiger partial charge in [0.1, 0.15) is 0 Å². The first-order valence-corrected chi connectivity index (χ1v) is 8.21. The summed E-state index contributed by atoms with van der Waals surface area (Å²) in [5.41, 5.74) is 10.2. The molecule has 0 aliphatic heterocycles. The van der Waals surface area contributed by atoms with Crippen LogP contribution in [0.5, 0.6) is 0 Å². The highest BCUT2D eigenvalue weighted by molar-refractivity contribution is 7.92. The molecule has 4 nitrogen and oxygen atoms in total. The summed E-state index contributed by atoms with van der Waals surface area (Å²) in [6, 6.07) is 10.5. The first-order valence-electron chi connectivity index (χ1n) is 6.73. The second kappa shape index (κ2) is 5.87. The van der Waals surface area contributed by atoms with Gasteiger partial charge >= 0.3 is 0 Å². The van der Waals surface area contributed by atoms with Crippen molar-refractivity contribution < 1.29 is 8.42 Å². The van der Waals surface area contributed by atoms with Crippen LogP contribution in [0.4, 0.5) is 5.69 Å². The molecule has 21 heavy (non-hydrogen) atoms. The summed E-state index contributed by atoms with van der Waals surface area (Å²) in [6.07, 6.45) is 0. The molecule has 0 heterocycles.